The minimum atomic E-state index is -1.16. The number of carbonyl (C=O) groups excluding carboxylic acids is 1. The quantitative estimate of drug-likeness (QED) is 0.862. The highest BCUT2D eigenvalue weighted by Crippen LogP contribution is 2.25. The molecule has 0 saturated carbocycles. The van der Waals surface area contributed by atoms with Gasteiger partial charge in [0.2, 0.25) is 5.91 Å². The topological polar surface area (TPSA) is 94.9 Å². The lowest BCUT2D eigenvalue weighted by atomic mass is 9.85. The van der Waals surface area contributed by atoms with E-state index in [1.807, 2.05) is 17.5 Å². The maximum atomic E-state index is 12.1. The fourth-order valence-electron chi connectivity index (χ4n) is 2.40. The van der Waals surface area contributed by atoms with E-state index >= 15 is 0 Å². The number of hydrogen-bond acceptors (Lipinski definition) is 4. The van der Waals surface area contributed by atoms with Crippen molar-refractivity contribution >= 4 is 29.2 Å². The van der Waals surface area contributed by atoms with Crippen molar-refractivity contribution < 1.29 is 24.6 Å². The third kappa shape index (κ3) is 3.16. The number of carboxylic acid groups (broad SMARTS) is 2. The lowest BCUT2D eigenvalue weighted by molar-refractivity contribution is -0.159. The van der Waals surface area contributed by atoms with Crippen LogP contribution in [0.25, 0.3) is 0 Å². The first kappa shape index (κ1) is 14.5. The van der Waals surface area contributed by atoms with Crippen molar-refractivity contribution in [3.8, 4) is 0 Å². The van der Waals surface area contributed by atoms with E-state index in [9.17, 15) is 14.4 Å². The minimum Gasteiger partial charge on any atom is -0.481 e. The van der Waals surface area contributed by atoms with Crippen molar-refractivity contribution in [3.63, 3.8) is 0 Å². The highest BCUT2D eigenvalue weighted by atomic mass is 32.1. The third-order valence-corrected chi connectivity index (χ3v) is 4.38. The van der Waals surface area contributed by atoms with Gasteiger partial charge in [-0.25, -0.2) is 0 Å². The molecule has 1 fully saturated rings. The fraction of sp³-hybridized carbons (Fsp3) is 0.462. The first-order valence-electron chi connectivity index (χ1n) is 6.25. The molecule has 1 aromatic rings. The maximum Gasteiger partial charge on any atom is 0.309 e. The van der Waals surface area contributed by atoms with E-state index < -0.39 is 23.8 Å². The molecule has 1 amide bonds. The molecule has 1 aromatic heterocycles. The number of piperidine rings is 1. The first-order chi connectivity index (χ1) is 9.49. The summed E-state index contributed by atoms with van der Waals surface area (Å²) in [6, 6.07) is 3.70. The molecule has 1 aliphatic heterocycles. The molecule has 2 rings (SSSR count). The average Bonchev–Trinajstić information content (AvgIpc) is 2.90. The molecule has 0 radical (unpaired) electrons. The van der Waals surface area contributed by atoms with Crippen LogP contribution in [0.2, 0.25) is 0 Å². The Hall–Kier alpha value is -1.89. The van der Waals surface area contributed by atoms with Gasteiger partial charge in [0, 0.05) is 18.0 Å². The van der Waals surface area contributed by atoms with E-state index in [4.69, 9.17) is 10.2 Å². The van der Waals surface area contributed by atoms with Gasteiger partial charge < -0.3 is 15.1 Å². The van der Waals surface area contributed by atoms with Crippen LogP contribution in [-0.2, 0) is 20.8 Å². The smallest absolute Gasteiger partial charge is 0.309 e. The molecule has 7 heteroatoms. The Bertz CT molecular complexity index is 513. The predicted molar refractivity (Wildman–Crippen MR) is 71.5 cm³/mol. The molecule has 6 nitrogen and oxygen atoms in total. The third-order valence-electron chi connectivity index (χ3n) is 3.51. The second-order valence-corrected chi connectivity index (χ2v) is 5.81. The normalized spacial score (nSPS) is 22.5. The summed E-state index contributed by atoms with van der Waals surface area (Å²) >= 11 is 1.47. The molecule has 2 N–H and O–H groups in total. The number of aliphatic carboxylic acids is 2. The molecule has 1 aliphatic rings. The number of nitrogens with zero attached hydrogens (tertiary/aromatic N) is 1. The highest BCUT2D eigenvalue weighted by Gasteiger charge is 2.39. The van der Waals surface area contributed by atoms with Crippen LogP contribution in [0.5, 0.6) is 0 Å². The number of thiophene rings is 1. The molecule has 0 spiro atoms. The lowest BCUT2D eigenvalue weighted by Gasteiger charge is -2.34. The zero-order valence-corrected chi connectivity index (χ0v) is 11.5. The number of carboxylic acids is 2. The van der Waals surface area contributed by atoms with Gasteiger partial charge in [-0.05, 0) is 17.9 Å². The molecular formula is C13H15NO5S. The zero-order chi connectivity index (χ0) is 14.7. The molecule has 2 atom stereocenters. The van der Waals surface area contributed by atoms with Gasteiger partial charge in [0.15, 0.2) is 0 Å². The van der Waals surface area contributed by atoms with Gasteiger partial charge in [-0.1, -0.05) is 6.07 Å². The van der Waals surface area contributed by atoms with E-state index in [-0.39, 0.29) is 25.3 Å². The molecule has 108 valence electrons. The number of likely N-dealkylation sites (tertiary alicyclic amines) is 1. The van der Waals surface area contributed by atoms with Crippen LogP contribution in [0.1, 0.15) is 11.3 Å². The predicted octanol–water partition coefficient (Wildman–Crippen LogP) is 0.924. The Kier molecular flexibility index (Phi) is 4.39. The van der Waals surface area contributed by atoms with E-state index in [1.54, 1.807) is 0 Å². The van der Waals surface area contributed by atoms with Gasteiger partial charge in [0.1, 0.15) is 0 Å². The molecule has 0 aromatic carbocycles. The number of rotatable bonds is 4. The summed E-state index contributed by atoms with van der Waals surface area (Å²) in [6.45, 7) is 0.265. The average molecular weight is 297 g/mol. The Morgan fingerprint density at radius 3 is 2.50 bits per heavy atom. The van der Waals surface area contributed by atoms with Crippen molar-refractivity contribution in [2.45, 2.75) is 12.8 Å². The Morgan fingerprint density at radius 2 is 1.95 bits per heavy atom. The van der Waals surface area contributed by atoms with Gasteiger partial charge in [-0.15, -0.1) is 11.3 Å². The summed E-state index contributed by atoms with van der Waals surface area (Å²) in [7, 11) is 0. The molecule has 0 aliphatic carbocycles. The van der Waals surface area contributed by atoms with E-state index in [0.717, 1.165) is 4.88 Å². The molecule has 0 bridgehead atoms. The van der Waals surface area contributed by atoms with Crippen LogP contribution in [-0.4, -0.2) is 46.0 Å². The Morgan fingerprint density at radius 1 is 1.25 bits per heavy atom. The van der Waals surface area contributed by atoms with E-state index in [0.29, 0.717) is 6.54 Å². The largest absolute Gasteiger partial charge is 0.481 e. The van der Waals surface area contributed by atoms with Gasteiger partial charge in [-0.2, -0.15) is 0 Å². The first-order valence-corrected chi connectivity index (χ1v) is 7.12. The number of carbonyl (C=O) groups is 3. The molecule has 1 saturated heterocycles. The molecule has 20 heavy (non-hydrogen) atoms. The van der Waals surface area contributed by atoms with Crippen LogP contribution in [0.4, 0.5) is 0 Å². The van der Waals surface area contributed by atoms with Crippen molar-refractivity contribution in [2.75, 3.05) is 13.1 Å². The summed E-state index contributed by atoms with van der Waals surface area (Å²) in [6.07, 6.45) is 0.421. The Labute approximate surface area is 119 Å². The monoisotopic (exact) mass is 297 g/mol. The molecule has 2 unspecified atom stereocenters. The standard InChI is InChI=1S/C13H15NO5S/c15-11(6-8-2-1-5-20-8)14-4-3-9(12(16)17)10(7-14)13(18)19/h1-2,5,9-10H,3-4,6-7H2,(H,16,17)(H,18,19). The van der Waals surface area contributed by atoms with Crippen molar-refractivity contribution in [1.29, 1.82) is 0 Å². The van der Waals surface area contributed by atoms with Crippen molar-refractivity contribution in [3.05, 3.63) is 22.4 Å². The highest BCUT2D eigenvalue weighted by molar-refractivity contribution is 7.10. The van der Waals surface area contributed by atoms with E-state index in [2.05, 4.69) is 0 Å². The summed E-state index contributed by atoms with van der Waals surface area (Å²) < 4.78 is 0. The van der Waals surface area contributed by atoms with Gasteiger partial charge in [0.05, 0.1) is 18.3 Å². The second-order valence-electron chi connectivity index (χ2n) is 4.77. The summed E-state index contributed by atoms with van der Waals surface area (Å²) in [5.74, 6) is -4.37. The summed E-state index contributed by atoms with van der Waals surface area (Å²) in [4.78, 5) is 36.7. The number of hydrogen-bond donors (Lipinski definition) is 2. The summed E-state index contributed by atoms with van der Waals surface area (Å²) in [5, 5.41) is 20.0. The van der Waals surface area contributed by atoms with Gasteiger partial charge in [0.25, 0.3) is 0 Å². The van der Waals surface area contributed by atoms with Crippen molar-refractivity contribution in [2.24, 2.45) is 11.8 Å². The zero-order valence-electron chi connectivity index (χ0n) is 10.7. The van der Waals surface area contributed by atoms with Crippen LogP contribution in [0, 0.1) is 11.8 Å². The molecule has 2 heterocycles. The van der Waals surface area contributed by atoms with Crippen LogP contribution in [0.15, 0.2) is 17.5 Å². The van der Waals surface area contributed by atoms with Crippen LogP contribution < -0.4 is 0 Å². The fourth-order valence-corrected chi connectivity index (χ4v) is 3.09. The van der Waals surface area contributed by atoms with Crippen molar-refractivity contribution in [1.82, 2.24) is 4.90 Å². The second kappa shape index (κ2) is 6.04. The minimum absolute atomic E-state index is 0.0312. The molecular weight excluding hydrogens is 282 g/mol. The van der Waals surface area contributed by atoms with Crippen LogP contribution >= 0.6 is 11.3 Å². The maximum absolute atomic E-state index is 12.1. The lowest BCUT2D eigenvalue weighted by Crippen LogP contribution is -2.49. The van der Waals surface area contributed by atoms with Gasteiger partial charge >= 0.3 is 11.9 Å². The van der Waals surface area contributed by atoms with E-state index in [1.165, 1.54) is 16.2 Å². The number of amides is 1. The SMILES string of the molecule is O=C(O)C1CCN(C(=O)Cc2cccs2)CC1C(=O)O. The van der Waals surface area contributed by atoms with Gasteiger partial charge in [-0.3, -0.25) is 14.4 Å². The Balaban J connectivity index is 2.02. The van der Waals surface area contributed by atoms with Crippen LogP contribution in [0.3, 0.4) is 0 Å². The summed E-state index contributed by atoms with van der Waals surface area (Å²) in [5.41, 5.74) is 0.